The van der Waals surface area contributed by atoms with Crippen LogP contribution in [0.25, 0.3) is 0 Å². The van der Waals surface area contributed by atoms with E-state index < -0.39 is 5.97 Å². The summed E-state index contributed by atoms with van der Waals surface area (Å²) in [7, 11) is 0. The van der Waals surface area contributed by atoms with E-state index in [1.165, 1.54) is 24.7 Å². The lowest BCUT2D eigenvalue weighted by atomic mass is 10.1. The van der Waals surface area contributed by atoms with E-state index in [1.807, 2.05) is 11.8 Å². The predicted octanol–water partition coefficient (Wildman–Crippen LogP) is 1.87. The van der Waals surface area contributed by atoms with Gasteiger partial charge in [0.15, 0.2) is 5.69 Å². The minimum absolute atomic E-state index is 0.0306. The van der Waals surface area contributed by atoms with Crippen LogP contribution in [0.4, 0.5) is 5.82 Å². The molecule has 0 aromatic carbocycles. The average Bonchev–Trinajstić information content (AvgIpc) is 2.75. The number of rotatable bonds is 4. The largest absolute Gasteiger partial charge is 0.476 e. The van der Waals surface area contributed by atoms with E-state index in [9.17, 15) is 4.79 Å². The Morgan fingerprint density at radius 3 is 2.94 bits per heavy atom. The molecule has 1 atom stereocenters. The quantitative estimate of drug-likeness (QED) is 0.853. The van der Waals surface area contributed by atoms with Crippen molar-refractivity contribution in [2.75, 3.05) is 17.6 Å². The second-order valence-electron chi connectivity index (χ2n) is 4.36. The van der Waals surface area contributed by atoms with E-state index in [2.05, 4.69) is 22.4 Å². The van der Waals surface area contributed by atoms with Crippen LogP contribution in [0.2, 0.25) is 0 Å². The molecule has 0 radical (unpaired) electrons. The third kappa shape index (κ3) is 3.09. The average molecular weight is 253 g/mol. The Hall–Kier alpha value is -1.30. The smallest absolute Gasteiger partial charge is 0.356 e. The van der Waals surface area contributed by atoms with Crippen molar-refractivity contribution in [3.05, 3.63) is 17.8 Å². The lowest BCUT2D eigenvalue weighted by molar-refractivity contribution is 0.0689. The highest BCUT2D eigenvalue weighted by Crippen LogP contribution is 2.37. The van der Waals surface area contributed by atoms with Crippen LogP contribution >= 0.6 is 11.8 Å². The van der Waals surface area contributed by atoms with Crippen LogP contribution in [0, 0.1) is 0 Å². The molecule has 1 aromatic heterocycles. The van der Waals surface area contributed by atoms with E-state index >= 15 is 0 Å². The Morgan fingerprint density at radius 1 is 1.59 bits per heavy atom. The SMILES string of the molecule is CC1(CNc2ccc(C(=O)O)nn2)CCCS1. The summed E-state index contributed by atoms with van der Waals surface area (Å²) in [6.45, 7) is 3.06. The molecular weight excluding hydrogens is 238 g/mol. The summed E-state index contributed by atoms with van der Waals surface area (Å²) in [6, 6.07) is 3.11. The highest BCUT2D eigenvalue weighted by Gasteiger charge is 2.29. The van der Waals surface area contributed by atoms with Gasteiger partial charge in [-0.15, -0.1) is 10.2 Å². The molecule has 17 heavy (non-hydrogen) atoms. The number of thioether (sulfide) groups is 1. The molecule has 1 fully saturated rings. The van der Waals surface area contributed by atoms with E-state index in [-0.39, 0.29) is 10.4 Å². The molecule has 92 valence electrons. The molecule has 2 N–H and O–H groups in total. The minimum atomic E-state index is -1.05. The summed E-state index contributed by atoms with van der Waals surface area (Å²) in [5, 5.41) is 19.4. The number of anilines is 1. The number of aromatic nitrogens is 2. The van der Waals surface area contributed by atoms with Crippen LogP contribution in [-0.4, -0.2) is 38.3 Å². The van der Waals surface area contributed by atoms with Gasteiger partial charge in [0.05, 0.1) is 0 Å². The zero-order valence-corrected chi connectivity index (χ0v) is 10.5. The highest BCUT2D eigenvalue weighted by atomic mass is 32.2. The second kappa shape index (κ2) is 4.91. The molecule has 1 aliphatic heterocycles. The van der Waals surface area contributed by atoms with Gasteiger partial charge in [-0.1, -0.05) is 0 Å². The lowest BCUT2D eigenvalue weighted by Gasteiger charge is -2.22. The van der Waals surface area contributed by atoms with Gasteiger partial charge in [0.2, 0.25) is 0 Å². The Bertz CT molecular complexity index is 402. The second-order valence-corrected chi connectivity index (χ2v) is 6.05. The van der Waals surface area contributed by atoms with Crippen LogP contribution in [0.1, 0.15) is 30.3 Å². The molecule has 0 spiro atoms. The fourth-order valence-electron chi connectivity index (χ4n) is 1.79. The first-order valence-corrected chi connectivity index (χ1v) is 6.52. The van der Waals surface area contributed by atoms with Gasteiger partial charge in [0, 0.05) is 11.3 Å². The number of hydrogen-bond acceptors (Lipinski definition) is 5. The van der Waals surface area contributed by atoms with Gasteiger partial charge in [-0.3, -0.25) is 0 Å². The van der Waals surface area contributed by atoms with Crippen molar-refractivity contribution in [1.29, 1.82) is 0 Å². The zero-order valence-electron chi connectivity index (χ0n) is 9.64. The predicted molar refractivity (Wildman–Crippen MR) is 67.6 cm³/mol. The number of nitrogens with zero attached hydrogens (tertiary/aromatic N) is 2. The first-order chi connectivity index (χ1) is 8.09. The maximum Gasteiger partial charge on any atom is 0.356 e. The van der Waals surface area contributed by atoms with Crippen molar-refractivity contribution < 1.29 is 9.90 Å². The molecule has 2 heterocycles. The molecule has 1 unspecified atom stereocenters. The Labute approximate surface area is 104 Å². The topological polar surface area (TPSA) is 75.1 Å². The van der Waals surface area contributed by atoms with Gasteiger partial charge in [0.1, 0.15) is 5.82 Å². The van der Waals surface area contributed by atoms with Gasteiger partial charge < -0.3 is 10.4 Å². The summed E-state index contributed by atoms with van der Waals surface area (Å²) in [4.78, 5) is 10.6. The van der Waals surface area contributed by atoms with Gasteiger partial charge >= 0.3 is 5.97 Å². The maximum absolute atomic E-state index is 10.6. The first-order valence-electron chi connectivity index (χ1n) is 5.54. The van der Waals surface area contributed by atoms with Crippen molar-refractivity contribution in [3.63, 3.8) is 0 Å². The molecule has 6 heteroatoms. The van der Waals surface area contributed by atoms with E-state index in [4.69, 9.17) is 5.11 Å². The van der Waals surface area contributed by atoms with Crippen LogP contribution in [0.15, 0.2) is 12.1 Å². The summed E-state index contributed by atoms with van der Waals surface area (Å²) in [5.41, 5.74) is -0.0306. The monoisotopic (exact) mass is 253 g/mol. The first kappa shape index (κ1) is 12.2. The Morgan fingerprint density at radius 2 is 2.41 bits per heavy atom. The van der Waals surface area contributed by atoms with Gasteiger partial charge in [-0.05, 0) is 37.7 Å². The van der Waals surface area contributed by atoms with Crippen LogP contribution in [-0.2, 0) is 0 Å². The van der Waals surface area contributed by atoms with Crippen molar-refractivity contribution in [1.82, 2.24) is 10.2 Å². The normalized spacial score (nSPS) is 23.6. The summed E-state index contributed by atoms with van der Waals surface area (Å²) >= 11 is 1.97. The Balaban J connectivity index is 1.93. The molecule has 0 bridgehead atoms. The lowest BCUT2D eigenvalue weighted by Crippen LogP contribution is -2.27. The Kier molecular flexibility index (Phi) is 3.51. The standard InChI is InChI=1S/C11H15N3O2S/c1-11(5-2-6-17-11)7-12-9-4-3-8(10(15)16)13-14-9/h3-4H,2,5-7H2,1H3,(H,12,14)(H,15,16). The molecule has 5 nitrogen and oxygen atoms in total. The van der Waals surface area contributed by atoms with Crippen LogP contribution in [0.5, 0.6) is 0 Å². The third-order valence-corrected chi connectivity index (χ3v) is 4.37. The molecule has 2 rings (SSSR count). The number of nitrogens with one attached hydrogen (secondary N) is 1. The molecule has 1 aromatic rings. The minimum Gasteiger partial charge on any atom is -0.476 e. The fourth-order valence-corrected chi connectivity index (χ4v) is 3.04. The van der Waals surface area contributed by atoms with Crippen molar-refractivity contribution in [2.45, 2.75) is 24.5 Å². The molecule has 1 saturated heterocycles. The summed E-state index contributed by atoms with van der Waals surface area (Å²) in [5.74, 6) is 0.785. The van der Waals surface area contributed by atoms with E-state index in [0.717, 1.165) is 6.54 Å². The molecule has 0 aliphatic carbocycles. The van der Waals surface area contributed by atoms with Crippen molar-refractivity contribution in [3.8, 4) is 0 Å². The van der Waals surface area contributed by atoms with Gasteiger partial charge in [-0.25, -0.2) is 4.79 Å². The van der Waals surface area contributed by atoms with Crippen molar-refractivity contribution in [2.24, 2.45) is 0 Å². The van der Waals surface area contributed by atoms with Crippen LogP contribution in [0.3, 0.4) is 0 Å². The molecule has 0 saturated carbocycles. The maximum atomic E-state index is 10.6. The van der Waals surface area contributed by atoms with Gasteiger partial charge in [0.25, 0.3) is 0 Å². The van der Waals surface area contributed by atoms with Crippen LogP contribution < -0.4 is 5.32 Å². The van der Waals surface area contributed by atoms with E-state index in [1.54, 1.807) is 6.07 Å². The van der Waals surface area contributed by atoms with E-state index in [0.29, 0.717) is 5.82 Å². The number of carbonyl (C=O) groups is 1. The molecule has 0 amide bonds. The summed E-state index contributed by atoms with van der Waals surface area (Å²) < 4.78 is 0.257. The molecule has 1 aliphatic rings. The summed E-state index contributed by atoms with van der Waals surface area (Å²) in [6.07, 6.45) is 2.46. The number of aromatic carboxylic acids is 1. The number of hydrogen-bond donors (Lipinski definition) is 2. The zero-order chi connectivity index (χ0) is 12.3. The molecular formula is C11H15N3O2S. The number of carboxylic acids is 1. The number of carboxylic acid groups (broad SMARTS) is 1. The van der Waals surface area contributed by atoms with Gasteiger partial charge in [-0.2, -0.15) is 11.8 Å². The van der Waals surface area contributed by atoms with Crippen molar-refractivity contribution >= 4 is 23.5 Å². The highest BCUT2D eigenvalue weighted by molar-refractivity contribution is 8.00. The fraction of sp³-hybridized carbons (Fsp3) is 0.545. The third-order valence-electron chi connectivity index (χ3n) is 2.83.